The van der Waals surface area contributed by atoms with Crippen molar-refractivity contribution in [1.82, 2.24) is 4.57 Å². The zero-order valence-corrected chi connectivity index (χ0v) is 13.7. The SMILES string of the molecule is O=C1C[C@@H](c2ccsc2)c2c(c(C(=O)O)cn2-c2ccc(F)cc2)N1. The smallest absolute Gasteiger partial charge is 0.339 e. The van der Waals surface area contributed by atoms with E-state index in [-0.39, 0.29) is 29.6 Å². The standard InChI is InChI=1S/C18H13FN2O3S/c19-11-1-3-12(4-2-11)21-8-14(18(23)24)16-17(21)13(7-15(22)20-16)10-5-6-25-9-10/h1-6,8-9,13H,7H2,(H,20,22)(H,23,24)/t13-/m0/s1. The van der Waals surface area contributed by atoms with Crippen LogP contribution in [0.1, 0.15) is 34.0 Å². The van der Waals surface area contributed by atoms with E-state index in [0.717, 1.165) is 5.56 Å². The van der Waals surface area contributed by atoms with Gasteiger partial charge in [0.15, 0.2) is 0 Å². The van der Waals surface area contributed by atoms with E-state index in [0.29, 0.717) is 17.1 Å². The average Bonchev–Trinajstić information content (AvgIpc) is 3.22. The van der Waals surface area contributed by atoms with Crippen molar-refractivity contribution in [3.8, 4) is 5.69 Å². The Morgan fingerprint density at radius 2 is 2.04 bits per heavy atom. The predicted octanol–water partition coefficient (Wildman–Crippen LogP) is 3.85. The van der Waals surface area contributed by atoms with Gasteiger partial charge in [0, 0.05) is 24.2 Å². The molecule has 1 aromatic carbocycles. The predicted molar refractivity (Wildman–Crippen MR) is 92.1 cm³/mol. The number of carbonyl (C=O) groups excluding carboxylic acids is 1. The zero-order chi connectivity index (χ0) is 17.6. The molecule has 0 spiro atoms. The Hall–Kier alpha value is -2.93. The maximum atomic E-state index is 13.3. The number of nitrogens with zero attached hydrogens (tertiary/aromatic N) is 1. The van der Waals surface area contributed by atoms with Crippen LogP contribution in [-0.4, -0.2) is 21.6 Å². The summed E-state index contributed by atoms with van der Waals surface area (Å²) >= 11 is 1.52. The van der Waals surface area contributed by atoms with Gasteiger partial charge in [-0.25, -0.2) is 9.18 Å². The highest BCUT2D eigenvalue weighted by atomic mass is 32.1. The molecular weight excluding hydrogens is 343 g/mol. The molecule has 1 aliphatic heterocycles. The summed E-state index contributed by atoms with van der Waals surface area (Å²) in [6, 6.07) is 7.75. The van der Waals surface area contributed by atoms with Crippen LogP contribution in [0.3, 0.4) is 0 Å². The number of fused-ring (bicyclic) bond motifs is 1. The number of carboxylic acids is 1. The monoisotopic (exact) mass is 356 g/mol. The highest BCUT2D eigenvalue weighted by Gasteiger charge is 2.34. The van der Waals surface area contributed by atoms with Crippen LogP contribution in [0.2, 0.25) is 0 Å². The number of carboxylic acid groups (broad SMARTS) is 1. The molecule has 0 saturated heterocycles. The fourth-order valence-electron chi connectivity index (χ4n) is 3.19. The molecule has 1 atom stereocenters. The van der Waals surface area contributed by atoms with Gasteiger partial charge in [-0.15, -0.1) is 0 Å². The Labute approximate surface area is 146 Å². The number of amides is 1. The number of hydrogen-bond acceptors (Lipinski definition) is 3. The summed E-state index contributed by atoms with van der Waals surface area (Å²) in [5, 5.41) is 16.1. The number of rotatable bonds is 3. The molecule has 0 unspecified atom stereocenters. The number of halogens is 1. The maximum absolute atomic E-state index is 13.3. The number of hydrogen-bond donors (Lipinski definition) is 2. The normalized spacial score (nSPS) is 16.4. The molecule has 2 aromatic heterocycles. The first-order chi connectivity index (χ1) is 12.0. The fourth-order valence-corrected chi connectivity index (χ4v) is 3.91. The highest BCUT2D eigenvalue weighted by Crippen LogP contribution is 2.42. The van der Waals surface area contributed by atoms with Gasteiger partial charge < -0.3 is 15.0 Å². The second-order valence-corrected chi connectivity index (χ2v) is 6.60. The van der Waals surface area contributed by atoms with Crippen LogP contribution in [0.25, 0.3) is 5.69 Å². The fraction of sp³-hybridized carbons (Fsp3) is 0.111. The van der Waals surface area contributed by atoms with Crippen LogP contribution in [0.4, 0.5) is 10.1 Å². The lowest BCUT2D eigenvalue weighted by Gasteiger charge is -2.25. The lowest BCUT2D eigenvalue weighted by Crippen LogP contribution is -2.25. The van der Waals surface area contributed by atoms with Gasteiger partial charge in [0.25, 0.3) is 0 Å². The van der Waals surface area contributed by atoms with E-state index in [9.17, 15) is 19.1 Å². The van der Waals surface area contributed by atoms with Gasteiger partial charge >= 0.3 is 5.97 Å². The quantitative estimate of drug-likeness (QED) is 0.749. The van der Waals surface area contributed by atoms with Gasteiger partial charge in [-0.05, 0) is 46.7 Å². The van der Waals surface area contributed by atoms with Crippen LogP contribution >= 0.6 is 11.3 Å². The van der Waals surface area contributed by atoms with E-state index in [2.05, 4.69) is 5.32 Å². The van der Waals surface area contributed by atoms with Gasteiger partial charge in [0.05, 0.1) is 11.4 Å². The second kappa shape index (κ2) is 5.86. The molecule has 1 aliphatic rings. The Bertz CT molecular complexity index is 961. The van der Waals surface area contributed by atoms with E-state index in [1.54, 1.807) is 16.7 Å². The molecule has 3 heterocycles. The van der Waals surface area contributed by atoms with Gasteiger partial charge in [-0.2, -0.15) is 11.3 Å². The van der Waals surface area contributed by atoms with Crippen LogP contribution in [-0.2, 0) is 4.79 Å². The number of nitrogens with one attached hydrogen (secondary N) is 1. The Morgan fingerprint density at radius 3 is 2.68 bits per heavy atom. The van der Waals surface area contributed by atoms with E-state index < -0.39 is 5.97 Å². The average molecular weight is 356 g/mol. The lowest BCUT2D eigenvalue weighted by atomic mass is 9.90. The van der Waals surface area contributed by atoms with Crippen molar-refractivity contribution in [2.45, 2.75) is 12.3 Å². The molecule has 0 bridgehead atoms. The Kier molecular flexibility index (Phi) is 3.65. The molecule has 0 aliphatic carbocycles. The number of benzene rings is 1. The third-order valence-electron chi connectivity index (χ3n) is 4.31. The van der Waals surface area contributed by atoms with E-state index in [1.165, 1.54) is 29.7 Å². The molecule has 5 nitrogen and oxygen atoms in total. The van der Waals surface area contributed by atoms with Crippen LogP contribution in [0.15, 0.2) is 47.3 Å². The second-order valence-electron chi connectivity index (χ2n) is 5.82. The molecule has 25 heavy (non-hydrogen) atoms. The summed E-state index contributed by atoms with van der Waals surface area (Å²) in [4.78, 5) is 23.8. The number of aromatic carboxylic acids is 1. The van der Waals surface area contributed by atoms with Crippen molar-refractivity contribution in [3.05, 3.63) is 69.9 Å². The number of carbonyl (C=O) groups is 2. The van der Waals surface area contributed by atoms with Crippen LogP contribution in [0, 0.1) is 5.82 Å². The van der Waals surface area contributed by atoms with Crippen molar-refractivity contribution >= 4 is 28.9 Å². The molecule has 7 heteroatoms. The Balaban J connectivity index is 1.97. The summed E-state index contributed by atoms with van der Waals surface area (Å²) in [6.45, 7) is 0. The van der Waals surface area contributed by atoms with Crippen molar-refractivity contribution in [2.24, 2.45) is 0 Å². The zero-order valence-electron chi connectivity index (χ0n) is 12.9. The highest BCUT2D eigenvalue weighted by molar-refractivity contribution is 7.08. The number of anilines is 1. The Morgan fingerprint density at radius 1 is 1.28 bits per heavy atom. The lowest BCUT2D eigenvalue weighted by molar-refractivity contribution is -0.116. The van der Waals surface area contributed by atoms with Gasteiger partial charge in [0.2, 0.25) is 5.91 Å². The third kappa shape index (κ3) is 2.62. The first-order valence-electron chi connectivity index (χ1n) is 7.61. The molecule has 126 valence electrons. The molecule has 0 radical (unpaired) electrons. The maximum Gasteiger partial charge on any atom is 0.339 e. The van der Waals surface area contributed by atoms with E-state index in [4.69, 9.17) is 0 Å². The van der Waals surface area contributed by atoms with Crippen molar-refractivity contribution < 1.29 is 19.1 Å². The van der Waals surface area contributed by atoms with E-state index >= 15 is 0 Å². The molecule has 0 fully saturated rings. The largest absolute Gasteiger partial charge is 0.478 e. The first-order valence-corrected chi connectivity index (χ1v) is 8.55. The van der Waals surface area contributed by atoms with E-state index in [1.807, 2.05) is 16.8 Å². The van der Waals surface area contributed by atoms with Gasteiger partial charge in [0.1, 0.15) is 11.4 Å². The molecule has 1 amide bonds. The van der Waals surface area contributed by atoms with Crippen molar-refractivity contribution in [2.75, 3.05) is 5.32 Å². The minimum Gasteiger partial charge on any atom is -0.478 e. The number of aromatic nitrogens is 1. The summed E-state index contributed by atoms with van der Waals surface area (Å²) in [5.41, 5.74) is 2.62. The minimum atomic E-state index is -1.12. The van der Waals surface area contributed by atoms with Gasteiger partial charge in [-0.1, -0.05) is 0 Å². The first kappa shape index (κ1) is 15.6. The molecule has 4 rings (SSSR count). The summed E-state index contributed by atoms with van der Waals surface area (Å²) in [5.74, 6) is -1.97. The molecule has 0 saturated carbocycles. The molecule has 2 N–H and O–H groups in total. The number of thiophene rings is 1. The van der Waals surface area contributed by atoms with Crippen molar-refractivity contribution in [3.63, 3.8) is 0 Å². The topological polar surface area (TPSA) is 71.3 Å². The summed E-state index contributed by atoms with van der Waals surface area (Å²) in [7, 11) is 0. The summed E-state index contributed by atoms with van der Waals surface area (Å²) in [6.07, 6.45) is 1.71. The van der Waals surface area contributed by atoms with Crippen LogP contribution < -0.4 is 5.32 Å². The van der Waals surface area contributed by atoms with Crippen molar-refractivity contribution in [1.29, 1.82) is 0 Å². The third-order valence-corrected chi connectivity index (χ3v) is 5.01. The molecule has 3 aromatic rings. The van der Waals surface area contributed by atoms with Crippen LogP contribution in [0.5, 0.6) is 0 Å². The molecular formula is C18H13FN2O3S. The minimum absolute atomic E-state index is 0.0209. The summed E-state index contributed by atoms with van der Waals surface area (Å²) < 4.78 is 15.0. The van der Waals surface area contributed by atoms with Gasteiger partial charge in [-0.3, -0.25) is 4.79 Å².